The van der Waals surface area contributed by atoms with Crippen molar-refractivity contribution in [2.24, 2.45) is 0 Å². The van der Waals surface area contributed by atoms with Crippen LogP contribution < -0.4 is 9.47 Å². The molecule has 3 aliphatic rings. The second kappa shape index (κ2) is 6.20. The number of carbonyl (C=O) groups is 1. The molecule has 5 rings (SSSR count). The van der Waals surface area contributed by atoms with E-state index in [1.807, 2.05) is 4.90 Å². The van der Waals surface area contributed by atoms with Gasteiger partial charge in [-0.3, -0.25) is 4.79 Å². The second-order valence-electron chi connectivity index (χ2n) is 7.19. The molecule has 1 saturated carbocycles. The van der Waals surface area contributed by atoms with E-state index in [-0.39, 0.29) is 5.91 Å². The monoisotopic (exact) mass is 369 g/mol. The van der Waals surface area contributed by atoms with Crippen LogP contribution in [0.25, 0.3) is 0 Å². The van der Waals surface area contributed by atoms with Crippen molar-refractivity contribution in [3.8, 4) is 11.5 Å². The fraction of sp³-hybridized carbons (Fsp3) is 0.381. The van der Waals surface area contributed by atoms with Gasteiger partial charge in [-0.1, -0.05) is 11.6 Å². The molecule has 26 heavy (non-hydrogen) atoms. The molecule has 4 nitrogen and oxygen atoms in total. The van der Waals surface area contributed by atoms with Crippen molar-refractivity contribution < 1.29 is 14.3 Å². The molecule has 0 aromatic heterocycles. The Morgan fingerprint density at radius 3 is 2.65 bits per heavy atom. The zero-order valence-corrected chi connectivity index (χ0v) is 15.2. The minimum atomic E-state index is 0.0624. The third kappa shape index (κ3) is 2.73. The molecule has 0 radical (unpaired) electrons. The van der Waals surface area contributed by atoms with Crippen molar-refractivity contribution in [2.45, 2.75) is 38.3 Å². The van der Waals surface area contributed by atoms with Crippen molar-refractivity contribution in [2.75, 3.05) is 13.2 Å². The molecule has 1 aliphatic carbocycles. The number of halogens is 1. The van der Waals surface area contributed by atoms with E-state index < -0.39 is 0 Å². The van der Waals surface area contributed by atoms with Gasteiger partial charge in [0.15, 0.2) is 0 Å². The molecule has 5 heteroatoms. The molecule has 2 aromatic rings. The lowest BCUT2D eigenvalue weighted by Crippen LogP contribution is -2.33. The Balaban J connectivity index is 1.51. The van der Waals surface area contributed by atoms with Crippen LogP contribution in [0.3, 0.4) is 0 Å². The molecular formula is C21H20ClNO3. The summed E-state index contributed by atoms with van der Waals surface area (Å²) in [6, 6.07) is 9.59. The first-order chi connectivity index (χ1) is 12.7. The van der Waals surface area contributed by atoms with Crippen molar-refractivity contribution in [3.63, 3.8) is 0 Å². The van der Waals surface area contributed by atoms with Gasteiger partial charge in [-0.2, -0.15) is 0 Å². The Morgan fingerprint density at radius 2 is 1.88 bits per heavy atom. The normalized spacial score (nSPS) is 17.3. The standard InChI is InChI=1S/C21H20ClNO3/c22-15-3-1-13(2-4-15)21(24)23(16-5-6-16)12-18-17-8-10-25-19(17)11-14-7-9-26-20(14)18/h1-4,11,16H,5-10,12H2. The van der Waals surface area contributed by atoms with Gasteiger partial charge in [-0.15, -0.1) is 0 Å². The zero-order chi connectivity index (χ0) is 17.7. The second-order valence-corrected chi connectivity index (χ2v) is 7.62. The van der Waals surface area contributed by atoms with E-state index in [4.69, 9.17) is 21.1 Å². The predicted molar refractivity (Wildman–Crippen MR) is 99.2 cm³/mol. The first-order valence-electron chi connectivity index (χ1n) is 9.20. The summed E-state index contributed by atoms with van der Waals surface area (Å²) in [4.78, 5) is 15.2. The average Bonchev–Trinajstić information content (AvgIpc) is 3.18. The van der Waals surface area contributed by atoms with E-state index >= 15 is 0 Å². The molecule has 0 saturated heterocycles. The fourth-order valence-electron chi connectivity index (χ4n) is 3.93. The highest BCUT2D eigenvalue weighted by atomic mass is 35.5. The van der Waals surface area contributed by atoms with Crippen LogP contribution in [0.2, 0.25) is 5.02 Å². The quantitative estimate of drug-likeness (QED) is 0.817. The molecular weight excluding hydrogens is 350 g/mol. The fourth-order valence-corrected chi connectivity index (χ4v) is 4.06. The van der Waals surface area contributed by atoms with Crippen LogP contribution in [-0.2, 0) is 19.4 Å². The molecule has 0 unspecified atom stereocenters. The van der Waals surface area contributed by atoms with Crippen molar-refractivity contribution >= 4 is 17.5 Å². The number of fused-ring (bicyclic) bond motifs is 2. The van der Waals surface area contributed by atoms with Crippen LogP contribution in [0, 0.1) is 0 Å². The minimum Gasteiger partial charge on any atom is -0.493 e. The summed E-state index contributed by atoms with van der Waals surface area (Å²) in [6.07, 6.45) is 3.92. The molecule has 1 fully saturated rings. The Morgan fingerprint density at radius 1 is 1.12 bits per heavy atom. The van der Waals surface area contributed by atoms with E-state index in [1.165, 1.54) is 11.1 Å². The van der Waals surface area contributed by atoms with Crippen LogP contribution in [0.1, 0.15) is 39.9 Å². The highest BCUT2D eigenvalue weighted by molar-refractivity contribution is 6.30. The van der Waals surface area contributed by atoms with Crippen LogP contribution in [0.4, 0.5) is 0 Å². The summed E-state index contributed by atoms with van der Waals surface area (Å²) < 4.78 is 11.8. The third-order valence-electron chi connectivity index (χ3n) is 5.43. The smallest absolute Gasteiger partial charge is 0.254 e. The number of hydrogen-bond acceptors (Lipinski definition) is 3. The molecule has 0 atom stereocenters. The topological polar surface area (TPSA) is 38.8 Å². The predicted octanol–water partition coefficient (Wildman–Crippen LogP) is 4.01. The van der Waals surface area contributed by atoms with Gasteiger partial charge < -0.3 is 14.4 Å². The van der Waals surface area contributed by atoms with Crippen molar-refractivity contribution in [1.82, 2.24) is 4.90 Å². The zero-order valence-electron chi connectivity index (χ0n) is 14.5. The van der Waals surface area contributed by atoms with Gasteiger partial charge in [-0.05, 0) is 43.2 Å². The lowest BCUT2D eigenvalue weighted by atomic mass is 9.98. The van der Waals surface area contributed by atoms with Crippen LogP contribution in [0.15, 0.2) is 30.3 Å². The Hall–Kier alpha value is -2.20. The molecule has 134 valence electrons. The summed E-state index contributed by atoms with van der Waals surface area (Å²) in [5, 5.41) is 0.642. The molecule has 1 amide bonds. The van der Waals surface area contributed by atoms with Gasteiger partial charge in [0.05, 0.1) is 19.8 Å². The molecule has 0 bridgehead atoms. The highest BCUT2D eigenvalue weighted by Crippen LogP contribution is 2.42. The lowest BCUT2D eigenvalue weighted by Gasteiger charge is -2.25. The number of carbonyl (C=O) groups excluding carboxylic acids is 1. The Kier molecular flexibility index (Phi) is 3.82. The van der Waals surface area contributed by atoms with E-state index in [0.29, 0.717) is 36.4 Å². The first-order valence-corrected chi connectivity index (χ1v) is 9.58. The maximum atomic E-state index is 13.2. The Labute approximate surface area is 157 Å². The molecule has 0 spiro atoms. The number of nitrogens with zero attached hydrogens (tertiary/aromatic N) is 1. The first kappa shape index (κ1) is 16.0. The number of benzene rings is 2. The number of rotatable bonds is 4. The highest BCUT2D eigenvalue weighted by Gasteiger charge is 2.36. The third-order valence-corrected chi connectivity index (χ3v) is 5.68. The number of amides is 1. The number of ether oxygens (including phenoxy) is 2. The summed E-state index contributed by atoms with van der Waals surface area (Å²) in [5.74, 6) is 2.01. The maximum absolute atomic E-state index is 13.2. The van der Waals surface area contributed by atoms with Crippen molar-refractivity contribution in [3.05, 3.63) is 57.6 Å². The molecule has 2 aliphatic heterocycles. The van der Waals surface area contributed by atoms with Gasteiger partial charge in [0.1, 0.15) is 11.5 Å². The van der Waals surface area contributed by atoms with E-state index in [2.05, 4.69) is 6.07 Å². The summed E-state index contributed by atoms with van der Waals surface area (Å²) in [6.45, 7) is 2.00. The SMILES string of the molecule is O=C(c1ccc(Cl)cc1)N(Cc1c2c(cc3c1OCC3)OCC2)C1CC1. The molecule has 2 aromatic carbocycles. The summed E-state index contributed by atoms with van der Waals surface area (Å²) >= 11 is 5.97. The molecule has 0 N–H and O–H groups in total. The summed E-state index contributed by atoms with van der Waals surface area (Å²) in [7, 11) is 0. The van der Waals surface area contributed by atoms with Gasteiger partial charge in [0, 0.05) is 46.2 Å². The van der Waals surface area contributed by atoms with Gasteiger partial charge >= 0.3 is 0 Å². The maximum Gasteiger partial charge on any atom is 0.254 e. The van der Waals surface area contributed by atoms with Crippen LogP contribution in [-0.4, -0.2) is 30.1 Å². The van der Waals surface area contributed by atoms with Crippen molar-refractivity contribution in [1.29, 1.82) is 0 Å². The number of hydrogen-bond donors (Lipinski definition) is 0. The van der Waals surface area contributed by atoms with E-state index in [9.17, 15) is 4.79 Å². The van der Waals surface area contributed by atoms with Gasteiger partial charge in [-0.25, -0.2) is 0 Å². The van der Waals surface area contributed by atoms with Gasteiger partial charge in [0.25, 0.3) is 5.91 Å². The van der Waals surface area contributed by atoms with Crippen LogP contribution in [0.5, 0.6) is 11.5 Å². The minimum absolute atomic E-state index is 0.0624. The lowest BCUT2D eigenvalue weighted by molar-refractivity contribution is 0.0728. The van der Waals surface area contributed by atoms with E-state index in [0.717, 1.165) is 42.7 Å². The molecule has 2 heterocycles. The van der Waals surface area contributed by atoms with E-state index in [1.54, 1.807) is 24.3 Å². The Bertz CT molecular complexity index is 842. The average molecular weight is 370 g/mol. The van der Waals surface area contributed by atoms with Gasteiger partial charge in [0.2, 0.25) is 0 Å². The van der Waals surface area contributed by atoms with Crippen LogP contribution >= 0.6 is 11.6 Å². The largest absolute Gasteiger partial charge is 0.493 e. The summed E-state index contributed by atoms with van der Waals surface area (Å²) in [5.41, 5.74) is 4.24.